The van der Waals surface area contributed by atoms with Crippen molar-refractivity contribution in [3.05, 3.63) is 57.4 Å². The zero-order chi connectivity index (χ0) is 17.3. The van der Waals surface area contributed by atoms with Gasteiger partial charge in [-0.1, -0.05) is 19.4 Å². The number of rotatable bonds is 6. The van der Waals surface area contributed by atoms with Gasteiger partial charge in [0.15, 0.2) is 5.76 Å². The predicted octanol–water partition coefficient (Wildman–Crippen LogP) is 4.03. The molecule has 0 aromatic carbocycles. The van der Waals surface area contributed by atoms with Crippen LogP contribution >= 0.6 is 11.3 Å². The molecule has 126 valence electrons. The molecule has 0 spiro atoms. The number of unbranched alkanes of at least 4 members (excludes halogenated alkanes) is 1. The van der Waals surface area contributed by atoms with Gasteiger partial charge in [-0.25, -0.2) is 0 Å². The van der Waals surface area contributed by atoms with Gasteiger partial charge in [0, 0.05) is 6.54 Å². The lowest BCUT2D eigenvalue weighted by atomic mass is 10.00. The highest BCUT2D eigenvalue weighted by molar-refractivity contribution is 7.12. The average Bonchev–Trinajstić information content (AvgIpc) is 3.28. The third-order valence-electron chi connectivity index (χ3n) is 4.08. The predicted molar refractivity (Wildman–Crippen MR) is 91.1 cm³/mol. The third kappa shape index (κ3) is 2.78. The van der Waals surface area contributed by atoms with E-state index in [0.29, 0.717) is 22.9 Å². The zero-order valence-corrected chi connectivity index (χ0v) is 14.4. The number of carbonyl (C=O) groups is 2. The number of aliphatic hydroxyl groups excluding tert-OH is 1. The second kappa shape index (κ2) is 6.65. The van der Waals surface area contributed by atoms with Crippen LogP contribution in [0.2, 0.25) is 0 Å². The molecule has 5 nitrogen and oxygen atoms in total. The Morgan fingerprint density at radius 2 is 2.17 bits per heavy atom. The smallest absolute Gasteiger partial charge is 0.290 e. The Kier molecular flexibility index (Phi) is 4.57. The molecule has 1 amide bonds. The summed E-state index contributed by atoms with van der Waals surface area (Å²) in [6.07, 6.45) is 1.69. The monoisotopic (exact) mass is 345 g/mol. The van der Waals surface area contributed by atoms with Gasteiger partial charge in [0.1, 0.15) is 17.6 Å². The van der Waals surface area contributed by atoms with Gasteiger partial charge in [-0.3, -0.25) is 9.59 Å². The number of carbonyl (C=O) groups excluding carboxylic acids is 2. The second-order valence-electron chi connectivity index (χ2n) is 5.77. The van der Waals surface area contributed by atoms with E-state index in [2.05, 4.69) is 0 Å². The van der Waals surface area contributed by atoms with Gasteiger partial charge in [0.2, 0.25) is 5.78 Å². The topological polar surface area (TPSA) is 70.8 Å². The van der Waals surface area contributed by atoms with Crippen molar-refractivity contribution in [2.75, 3.05) is 6.54 Å². The van der Waals surface area contributed by atoms with Crippen LogP contribution < -0.4 is 0 Å². The minimum Gasteiger partial charge on any atom is -0.503 e. The van der Waals surface area contributed by atoms with Gasteiger partial charge in [-0.05, 0) is 36.9 Å². The number of nitrogens with zero attached hydrogens (tertiary/aromatic N) is 1. The molecule has 0 fully saturated rings. The molecule has 3 heterocycles. The lowest BCUT2D eigenvalue weighted by molar-refractivity contribution is -0.129. The Hall–Kier alpha value is -2.34. The fraction of sp³-hybridized carbons (Fsp3) is 0.333. The number of furan rings is 1. The Bertz CT molecular complexity index is 788. The van der Waals surface area contributed by atoms with Crippen LogP contribution in [0, 0.1) is 6.92 Å². The molecule has 1 aliphatic rings. The number of thiophene rings is 1. The minimum absolute atomic E-state index is 0.105. The van der Waals surface area contributed by atoms with Crippen molar-refractivity contribution in [2.45, 2.75) is 32.7 Å². The first-order chi connectivity index (χ1) is 11.5. The summed E-state index contributed by atoms with van der Waals surface area (Å²) in [5.41, 5.74) is 0.105. The molecule has 0 radical (unpaired) electrons. The summed E-state index contributed by atoms with van der Waals surface area (Å²) in [6.45, 7) is 4.30. The first kappa shape index (κ1) is 16.5. The third-order valence-corrected chi connectivity index (χ3v) is 4.95. The number of aliphatic hydroxyl groups is 1. The molecule has 1 atom stereocenters. The average molecular weight is 345 g/mol. The summed E-state index contributed by atoms with van der Waals surface area (Å²) in [6, 6.07) is 6.34. The Morgan fingerprint density at radius 3 is 2.75 bits per heavy atom. The fourth-order valence-electron chi connectivity index (χ4n) is 2.88. The fourth-order valence-corrected chi connectivity index (χ4v) is 3.56. The van der Waals surface area contributed by atoms with Gasteiger partial charge in [-0.2, -0.15) is 0 Å². The lowest BCUT2D eigenvalue weighted by Crippen LogP contribution is -2.31. The molecule has 2 aromatic rings. The van der Waals surface area contributed by atoms with E-state index in [-0.39, 0.29) is 11.4 Å². The molecular formula is C18H19NO4S. The largest absolute Gasteiger partial charge is 0.503 e. The molecule has 1 aliphatic heterocycles. The van der Waals surface area contributed by atoms with Crippen LogP contribution in [-0.4, -0.2) is 28.2 Å². The van der Waals surface area contributed by atoms with E-state index in [1.807, 2.05) is 6.92 Å². The van der Waals surface area contributed by atoms with E-state index >= 15 is 0 Å². The number of aryl methyl sites for hydroxylation is 1. The molecule has 0 saturated carbocycles. The number of hydrogen-bond acceptors (Lipinski definition) is 5. The molecule has 2 aromatic heterocycles. The quantitative estimate of drug-likeness (QED) is 0.803. The van der Waals surface area contributed by atoms with Gasteiger partial charge < -0.3 is 14.4 Å². The lowest BCUT2D eigenvalue weighted by Gasteiger charge is -2.24. The summed E-state index contributed by atoms with van der Waals surface area (Å²) >= 11 is 1.29. The van der Waals surface area contributed by atoms with Crippen LogP contribution in [0.15, 0.2) is 45.4 Å². The molecule has 1 N–H and O–H groups in total. The van der Waals surface area contributed by atoms with Crippen molar-refractivity contribution in [1.29, 1.82) is 0 Å². The Balaban J connectivity index is 2.05. The normalized spacial score (nSPS) is 17.8. The van der Waals surface area contributed by atoms with Gasteiger partial charge >= 0.3 is 0 Å². The number of amides is 1. The SMILES string of the molecule is CCCCN1C(=O)C(O)=C(C(=O)c2cccs2)C1c1ccc(C)o1. The molecular weight excluding hydrogens is 326 g/mol. The van der Waals surface area contributed by atoms with Crippen molar-refractivity contribution in [2.24, 2.45) is 0 Å². The Labute approximate surface area is 144 Å². The van der Waals surface area contributed by atoms with E-state index in [4.69, 9.17) is 4.42 Å². The maximum Gasteiger partial charge on any atom is 0.290 e. The van der Waals surface area contributed by atoms with Gasteiger partial charge in [0.25, 0.3) is 5.91 Å². The summed E-state index contributed by atoms with van der Waals surface area (Å²) in [4.78, 5) is 27.4. The standard InChI is InChI=1S/C18H19NO4S/c1-3-4-9-19-15(12-8-7-11(2)23-12)14(17(21)18(19)22)16(20)13-6-5-10-24-13/h5-8,10,15,21H,3-4,9H2,1-2H3. The molecule has 3 rings (SSSR count). The maximum atomic E-state index is 12.8. The number of ketones is 1. The highest BCUT2D eigenvalue weighted by atomic mass is 32.1. The van der Waals surface area contributed by atoms with Crippen LogP contribution in [0.25, 0.3) is 0 Å². The number of hydrogen-bond donors (Lipinski definition) is 1. The minimum atomic E-state index is -0.674. The van der Waals surface area contributed by atoms with Crippen LogP contribution in [0.5, 0.6) is 0 Å². The van der Waals surface area contributed by atoms with Crippen molar-refractivity contribution in [3.63, 3.8) is 0 Å². The van der Waals surface area contributed by atoms with E-state index in [9.17, 15) is 14.7 Å². The van der Waals surface area contributed by atoms with E-state index in [0.717, 1.165) is 12.8 Å². The molecule has 24 heavy (non-hydrogen) atoms. The van der Waals surface area contributed by atoms with Crippen molar-refractivity contribution >= 4 is 23.0 Å². The molecule has 6 heteroatoms. The summed E-state index contributed by atoms with van der Waals surface area (Å²) in [7, 11) is 0. The molecule has 1 unspecified atom stereocenters. The molecule has 0 saturated heterocycles. The molecule has 0 bridgehead atoms. The van der Waals surface area contributed by atoms with Crippen LogP contribution in [-0.2, 0) is 4.79 Å². The summed E-state index contributed by atoms with van der Waals surface area (Å²) in [5.74, 6) is -0.108. The highest BCUT2D eigenvalue weighted by Crippen LogP contribution is 2.40. The van der Waals surface area contributed by atoms with Crippen molar-refractivity contribution < 1.29 is 19.1 Å². The first-order valence-corrected chi connectivity index (χ1v) is 8.81. The van der Waals surface area contributed by atoms with Crippen LogP contribution in [0.1, 0.15) is 47.0 Å². The summed E-state index contributed by atoms with van der Waals surface area (Å²) in [5, 5.41) is 12.2. The highest BCUT2D eigenvalue weighted by Gasteiger charge is 2.45. The maximum absolute atomic E-state index is 12.8. The van der Waals surface area contributed by atoms with E-state index in [1.165, 1.54) is 16.2 Å². The van der Waals surface area contributed by atoms with Crippen molar-refractivity contribution in [1.82, 2.24) is 4.90 Å². The van der Waals surface area contributed by atoms with Gasteiger partial charge in [-0.15, -0.1) is 11.3 Å². The number of Topliss-reactive ketones (excluding diaryl/α,β-unsaturated/α-hetero) is 1. The summed E-state index contributed by atoms with van der Waals surface area (Å²) < 4.78 is 5.68. The van der Waals surface area contributed by atoms with Crippen LogP contribution in [0.3, 0.4) is 0 Å². The van der Waals surface area contributed by atoms with E-state index in [1.54, 1.807) is 36.6 Å². The van der Waals surface area contributed by atoms with Crippen LogP contribution in [0.4, 0.5) is 0 Å². The van der Waals surface area contributed by atoms with Gasteiger partial charge in [0.05, 0.1) is 10.5 Å². The second-order valence-corrected chi connectivity index (χ2v) is 6.72. The zero-order valence-electron chi connectivity index (χ0n) is 13.6. The van der Waals surface area contributed by atoms with Crippen molar-refractivity contribution in [3.8, 4) is 0 Å². The Morgan fingerprint density at radius 1 is 1.38 bits per heavy atom. The molecule has 0 aliphatic carbocycles. The van der Waals surface area contributed by atoms with E-state index < -0.39 is 17.7 Å². The first-order valence-electron chi connectivity index (χ1n) is 7.93.